The molecule has 110 valence electrons. The topological polar surface area (TPSA) is 40.5 Å². The molecule has 2 unspecified atom stereocenters. The molecule has 0 amide bonds. The lowest BCUT2D eigenvalue weighted by Crippen LogP contribution is -2.38. The number of carboxylic acid groups (broad SMARTS) is 1. The zero-order chi connectivity index (χ0) is 14.8. The first kappa shape index (κ1) is 14.3. The molecule has 0 bridgehead atoms. The van der Waals surface area contributed by atoms with Crippen LogP contribution in [0.4, 0.5) is 0 Å². The van der Waals surface area contributed by atoms with Gasteiger partial charge in [0.2, 0.25) is 0 Å². The molecule has 0 fully saturated rings. The third-order valence-corrected chi connectivity index (χ3v) is 5.32. The lowest BCUT2D eigenvalue weighted by Gasteiger charge is -2.35. The molecule has 2 atom stereocenters. The maximum atomic E-state index is 11.7. The predicted molar refractivity (Wildman–Crippen MR) is 84.8 cm³/mol. The Kier molecular flexibility index (Phi) is 4.08. The Hall–Kier alpha value is -1.65. The van der Waals surface area contributed by atoms with Gasteiger partial charge < -0.3 is 5.11 Å². The SMILES string of the molecule is CC1c2ccsc2CCN1CC(C(=O)O)c1ccccc1. The lowest BCUT2D eigenvalue weighted by molar-refractivity contribution is -0.139. The van der Waals surface area contributed by atoms with Gasteiger partial charge in [-0.2, -0.15) is 0 Å². The van der Waals surface area contributed by atoms with Crippen LogP contribution in [-0.4, -0.2) is 29.1 Å². The van der Waals surface area contributed by atoms with Crippen LogP contribution in [0.2, 0.25) is 0 Å². The van der Waals surface area contributed by atoms with Crippen LogP contribution in [0, 0.1) is 0 Å². The third-order valence-electron chi connectivity index (χ3n) is 4.32. The quantitative estimate of drug-likeness (QED) is 0.939. The molecule has 2 aromatic rings. The first-order chi connectivity index (χ1) is 10.2. The van der Waals surface area contributed by atoms with Gasteiger partial charge in [0.25, 0.3) is 0 Å². The fraction of sp³-hybridized carbons (Fsp3) is 0.353. The first-order valence-electron chi connectivity index (χ1n) is 7.25. The summed E-state index contributed by atoms with van der Waals surface area (Å²) in [4.78, 5) is 15.4. The minimum Gasteiger partial charge on any atom is -0.481 e. The summed E-state index contributed by atoms with van der Waals surface area (Å²) in [5.41, 5.74) is 2.25. The van der Waals surface area contributed by atoms with Crippen molar-refractivity contribution in [1.29, 1.82) is 0 Å². The normalized spacial score (nSPS) is 20.0. The summed E-state index contributed by atoms with van der Waals surface area (Å²) >= 11 is 1.81. The van der Waals surface area contributed by atoms with Crippen LogP contribution in [0.15, 0.2) is 41.8 Å². The Morgan fingerprint density at radius 1 is 1.38 bits per heavy atom. The molecule has 0 saturated heterocycles. The molecule has 2 heterocycles. The van der Waals surface area contributed by atoms with Gasteiger partial charge in [-0.15, -0.1) is 11.3 Å². The van der Waals surface area contributed by atoms with Gasteiger partial charge in [0, 0.05) is 24.0 Å². The molecule has 0 aliphatic carbocycles. The van der Waals surface area contributed by atoms with Crippen LogP contribution in [-0.2, 0) is 11.2 Å². The highest BCUT2D eigenvalue weighted by atomic mass is 32.1. The molecule has 0 saturated carbocycles. The number of nitrogens with zero attached hydrogens (tertiary/aromatic N) is 1. The number of benzene rings is 1. The van der Waals surface area contributed by atoms with Crippen LogP contribution in [0.25, 0.3) is 0 Å². The summed E-state index contributed by atoms with van der Waals surface area (Å²) < 4.78 is 0. The summed E-state index contributed by atoms with van der Waals surface area (Å²) in [6.45, 7) is 3.68. The Labute approximate surface area is 128 Å². The van der Waals surface area contributed by atoms with Crippen molar-refractivity contribution in [2.24, 2.45) is 0 Å². The maximum absolute atomic E-state index is 11.7. The van der Waals surface area contributed by atoms with Crippen molar-refractivity contribution >= 4 is 17.3 Å². The molecule has 0 radical (unpaired) electrons. The smallest absolute Gasteiger partial charge is 0.312 e. The highest BCUT2D eigenvalue weighted by Gasteiger charge is 2.29. The second-order valence-electron chi connectivity index (χ2n) is 5.52. The van der Waals surface area contributed by atoms with E-state index >= 15 is 0 Å². The van der Waals surface area contributed by atoms with E-state index in [1.807, 2.05) is 41.7 Å². The molecular weight excluding hydrogens is 282 g/mol. The van der Waals surface area contributed by atoms with Crippen molar-refractivity contribution < 1.29 is 9.90 Å². The fourth-order valence-corrected chi connectivity index (χ4v) is 4.02. The number of hydrogen-bond donors (Lipinski definition) is 1. The van der Waals surface area contributed by atoms with E-state index in [0.29, 0.717) is 12.6 Å². The highest BCUT2D eigenvalue weighted by Crippen LogP contribution is 2.34. The largest absolute Gasteiger partial charge is 0.481 e. The molecule has 21 heavy (non-hydrogen) atoms. The summed E-state index contributed by atoms with van der Waals surface area (Å²) in [5, 5.41) is 11.7. The third kappa shape index (κ3) is 2.87. The van der Waals surface area contributed by atoms with E-state index in [0.717, 1.165) is 18.5 Å². The highest BCUT2D eigenvalue weighted by molar-refractivity contribution is 7.10. The van der Waals surface area contributed by atoms with Crippen LogP contribution >= 0.6 is 11.3 Å². The van der Waals surface area contributed by atoms with Crippen LogP contribution in [0.1, 0.15) is 34.9 Å². The molecule has 1 aromatic heterocycles. The van der Waals surface area contributed by atoms with Crippen molar-refractivity contribution in [3.8, 4) is 0 Å². The fourth-order valence-electron chi connectivity index (χ4n) is 3.06. The first-order valence-corrected chi connectivity index (χ1v) is 8.13. The molecule has 1 N–H and O–H groups in total. The monoisotopic (exact) mass is 301 g/mol. The van der Waals surface area contributed by atoms with E-state index in [9.17, 15) is 9.90 Å². The van der Waals surface area contributed by atoms with E-state index in [4.69, 9.17) is 0 Å². The lowest BCUT2D eigenvalue weighted by atomic mass is 9.95. The van der Waals surface area contributed by atoms with Crippen molar-refractivity contribution in [2.45, 2.75) is 25.3 Å². The van der Waals surface area contributed by atoms with Gasteiger partial charge in [-0.25, -0.2) is 0 Å². The molecule has 3 nitrogen and oxygen atoms in total. The summed E-state index contributed by atoms with van der Waals surface area (Å²) in [5.74, 6) is -1.21. The summed E-state index contributed by atoms with van der Waals surface area (Å²) in [6.07, 6.45) is 1.03. The number of carbonyl (C=O) groups is 1. The van der Waals surface area contributed by atoms with Crippen molar-refractivity contribution in [3.63, 3.8) is 0 Å². The number of carboxylic acids is 1. The van der Waals surface area contributed by atoms with E-state index in [2.05, 4.69) is 23.3 Å². The van der Waals surface area contributed by atoms with E-state index < -0.39 is 11.9 Å². The Balaban J connectivity index is 1.80. The molecule has 1 aliphatic rings. The number of fused-ring (bicyclic) bond motifs is 1. The standard InChI is InChI=1S/C17H19NO2S/c1-12-14-8-10-21-16(14)7-9-18(12)11-15(17(19)20)13-5-3-2-4-6-13/h2-6,8,10,12,15H,7,9,11H2,1H3,(H,19,20). The van der Waals surface area contributed by atoms with Gasteiger partial charge in [0.1, 0.15) is 0 Å². The summed E-state index contributed by atoms with van der Waals surface area (Å²) in [6, 6.07) is 12.0. The van der Waals surface area contributed by atoms with Gasteiger partial charge in [-0.3, -0.25) is 9.69 Å². The summed E-state index contributed by atoms with van der Waals surface area (Å²) in [7, 11) is 0. The maximum Gasteiger partial charge on any atom is 0.312 e. The van der Waals surface area contributed by atoms with E-state index in [1.54, 1.807) is 0 Å². The minimum atomic E-state index is -0.746. The number of rotatable bonds is 4. The minimum absolute atomic E-state index is 0.297. The molecule has 1 aromatic carbocycles. The molecule has 0 spiro atoms. The Bertz CT molecular complexity index is 623. The van der Waals surface area contributed by atoms with Gasteiger partial charge in [-0.1, -0.05) is 30.3 Å². The van der Waals surface area contributed by atoms with Crippen molar-refractivity contribution in [1.82, 2.24) is 4.90 Å². The zero-order valence-corrected chi connectivity index (χ0v) is 12.8. The van der Waals surface area contributed by atoms with Gasteiger partial charge >= 0.3 is 5.97 Å². The second kappa shape index (κ2) is 6.00. The number of hydrogen-bond acceptors (Lipinski definition) is 3. The molecule has 3 rings (SSSR count). The average Bonchev–Trinajstić information content (AvgIpc) is 2.96. The Morgan fingerprint density at radius 2 is 2.14 bits per heavy atom. The number of thiophene rings is 1. The van der Waals surface area contributed by atoms with E-state index in [1.165, 1.54) is 10.4 Å². The van der Waals surface area contributed by atoms with Gasteiger partial charge in [0.05, 0.1) is 5.92 Å². The van der Waals surface area contributed by atoms with Crippen LogP contribution in [0.3, 0.4) is 0 Å². The average molecular weight is 301 g/mol. The van der Waals surface area contributed by atoms with Crippen molar-refractivity contribution in [3.05, 3.63) is 57.8 Å². The van der Waals surface area contributed by atoms with Crippen molar-refractivity contribution in [2.75, 3.05) is 13.1 Å². The molecule has 1 aliphatic heterocycles. The molecule has 4 heteroatoms. The Morgan fingerprint density at radius 3 is 2.86 bits per heavy atom. The number of aliphatic carboxylic acids is 1. The van der Waals surface area contributed by atoms with Crippen LogP contribution < -0.4 is 0 Å². The molecular formula is C17H19NO2S. The second-order valence-corrected chi connectivity index (χ2v) is 6.52. The predicted octanol–water partition coefficient (Wildman–Crippen LogP) is 3.54. The zero-order valence-electron chi connectivity index (χ0n) is 12.0. The van der Waals surface area contributed by atoms with Gasteiger partial charge in [0.15, 0.2) is 0 Å². The van der Waals surface area contributed by atoms with E-state index in [-0.39, 0.29) is 0 Å². The van der Waals surface area contributed by atoms with Crippen LogP contribution in [0.5, 0.6) is 0 Å². The van der Waals surface area contributed by atoms with Gasteiger partial charge in [-0.05, 0) is 35.9 Å².